The van der Waals surface area contributed by atoms with Gasteiger partial charge in [0.1, 0.15) is 0 Å². The van der Waals surface area contributed by atoms with Gasteiger partial charge >= 0.3 is 0 Å². The van der Waals surface area contributed by atoms with E-state index < -0.39 is 0 Å². The molecule has 0 N–H and O–H groups in total. The third kappa shape index (κ3) is 3.46. The Morgan fingerprint density at radius 2 is 1.89 bits per heavy atom. The molecule has 0 bridgehead atoms. The lowest BCUT2D eigenvalue weighted by molar-refractivity contribution is -0.131. The molecule has 3 heterocycles. The van der Waals surface area contributed by atoms with Crippen LogP contribution in [-0.4, -0.2) is 34.8 Å². The monoisotopic (exact) mass is 363 g/mol. The summed E-state index contributed by atoms with van der Waals surface area (Å²) < 4.78 is 0. The number of anilines is 1. The highest BCUT2D eigenvalue weighted by Crippen LogP contribution is 2.38. The van der Waals surface area contributed by atoms with Crippen molar-refractivity contribution < 1.29 is 9.59 Å². The minimum absolute atomic E-state index is 0.0719. The topological polar surface area (TPSA) is 53.5 Å². The normalized spacial score (nSPS) is 19.7. The SMILES string of the molecule is Cc1cccc(N2C(=O)c3cccnc3C2CC(=O)N2CCCCCC2)c1. The van der Waals surface area contributed by atoms with Gasteiger partial charge in [0.05, 0.1) is 23.7 Å². The maximum Gasteiger partial charge on any atom is 0.260 e. The second-order valence-corrected chi connectivity index (χ2v) is 7.47. The first-order valence-corrected chi connectivity index (χ1v) is 9.78. The lowest BCUT2D eigenvalue weighted by Gasteiger charge is -2.28. The van der Waals surface area contributed by atoms with Crippen molar-refractivity contribution in [1.82, 2.24) is 9.88 Å². The summed E-state index contributed by atoms with van der Waals surface area (Å²) in [7, 11) is 0. The molecule has 2 amide bonds. The Labute approximate surface area is 160 Å². The average Bonchev–Trinajstić information content (AvgIpc) is 2.85. The summed E-state index contributed by atoms with van der Waals surface area (Å²) in [6.07, 6.45) is 6.48. The third-order valence-electron chi connectivity index (χ3n) is 5.52. The molecule has 2 aromatic rings. The summed E-state index contributed by atoms with van der Waals surface area (Å²) in [5.41, 5.74) is 3.23. The lowest BCUT2D eigenvalue weighted by atomic mass is 10.1. The van der Waals surface area contributed by atoms with Crippen LogP contribution in [0.25, 0.3) is 0 Å². The summed E-state index contributed by atoms with van der Waals surface area (Å²) in [5.74, 6) is 0.0447. The van der Waals surface area contributed by atoms with Gasteiger partial charge in [-0.25, -0.2) is 0 Å². The van der Waals surface area contributed by atoms with Crippen LogP contribution in [0.15, 0.2) is 42.6 Å². The average molecular weight is 363 g/mol. The number of benzene rings is 1. The van der Waals surface area contributed by atoms with E-state index in [1.807, 2.05) is 42.2 Å². The highest BCUT2D eigenvalue weighted by molar-refractivity contribution is 6.11. The predicted octanol–water partition coefficient (Wildman–Crippen LogP) is 3.88. The van der Waals surface area contributed by atoms with Crippen LogP contribution >= 0.6 is 0 Å². The van der Waals surface area contributed by atoms with Gasteiger partial charge < -0.3 is 4.90 Å². The maximum atomic E-state index is 13.1. The number of pyridine rings is 1. The summed E-state index contributed by atoms with van der Waals surface area (Å²) in [4.78, 5) is 34.3. The number of aromatic nitrogens is 1. The largest absolute Gasteiger partial charge is 0.343 e. The van der Waals surface area contributed by atoms with Crippen LogP contribution < -0.4 is 4.90 Å². The van der Waals surface area contributed by atoms with Crippen molar-refractivity contribution in [3.8, 4) is 0 Å². The van der Waals surface area contributed by atoms with Gasteiger partial charge in [-0.05, 0) is 49.6 Å². The van der Waals surface area contributed by atoms with Crippen molar-refractivity contribution in [3.05, 3.63) is 59.4 Å². The Bertz CT molecular complexity index is 856. The minimum Gasteiger partial charge on any atom is -0.343 e. The van der Waals surface area contributed by atoms with Crippen molar-refractivity contribution in [3.63, 3.8) is 0 Å². The Kier molecular flexibility index (Phi) is 4.92. The number of hydrogen-bond acceptors (Lipinski definition) is 3. The molecule has 27 heavy (non-hydrogen) atoms. The van der Waals surface area contributed by atoms with Crippen molar-refractivity contribution >= 4 is 17.5 Å². The number of amides is 2. The van der Waals surface area contributed by atoms with Crippen LogP contribution in [0.2, 0.25) is 0 Å². The molecule has 1 aromatic heterocycles. The van der Waals surface area contributed by atoms with Crippen LogP contribution in [0, 0.1) is 6.92 Å². The standard InChI is InChI=1S/C22H25N3O2/c1-16-8-6-9-17(14-16)25-19(21-18(22(25)27)10-7-11-23-21)15-20(26)24-12-4-2-3-5-13-24/h6-11,14,19H,2-5,12-13,15H2,1H3. The third-order valence-corrected chi connectivity index (χ3v) is 5.52. The van der Waals surface area contributed by atoms with Crippen molar-refractivity contribution in [2.24, 2.45) is 0 Å². The molecule has 1 fully saturated rings. The number of hydrogen-bond donors (Lipinski definition) is 0. The Balaban J connectivity index is 1.66. The number of rotatable bonds is 3. The number of fused-ring (bicyclic) bond motifs is 1. The van der Waals surface area contributed by atoms with E-state index >= 15 is 0 Å². The summed E-state index contributed by atoms with van der Waals surface area (Å²) >= 11 is 0. The second-order valence-electron chi connectivity index (χ2n) is 7.47. The van der Waals surface area contributed by atoms with E-state index in [1.165, 1.54) is 12.8 Å². The van der Waals surface area contributed by atoms with E-state index in [0.717, 1.165) is 37.2 Å². The predicted molar refractivity (Wildman–Crippen MR) is 105 cm³/mol. The molecule has 5 nitrogen and oxygen atoms in total. The van der Waals surface area contributed by atoms with Gasteiger partial charge in [0.15, 0.2) is 0 Å². The molecule has 0 spiro atoms. The second kappa shape index (κ2) is 7.51. The molecule has 1 aromatic carbocycles. The first-order chi connectivity index (χ1) is 13.1. The zero-order valence-electron chi connectivity index (χ0n) is 15.7. The van der Waals surface area contributed by atoms with Gasteiger partial charge in [-0.2, -0.15) is 0 Å². The Morgan fingerprint density at radius 1 is 1.11 bits per heavy atom. The molecule has 0 radical (unpaired) electrons. The molecular weight excluding hydrogens is 338 g/mol. The number of likely N-dealkylation sites (tertiary alicyclic amines) is 1. The van der Waals surface area contributed by atoms with Gasteiger partial charge in [0.25, 0.3) is 5.91 Å². The molecular formula is C22H25N3O2. The van der Waals surface area contributed by atoms with E-state index in [9.17, 15) is 9.59 Å². The van der Waals surface area contributed by atoms with Gasteiger partial charge in [-0.1, -0.05) is 25.0 Å². The number of nitrogens with zero attached hydrogens (tertiary/aromatic N) is 3. The van der Waals surface area contributed by atoms with Crippen LogP contribution in [0.1, 0.15) is 59.8 Å². The van der Waals surface area contributed by atoms with Gasteiger partial charge in [0.2, 0.25) is 5.91 Å². The fourth-order valence-corrected chi connectivity index (χ4v) is 4.14. The van der Waals surface area contributed by atoms with Crippen LogP contribution in [0.4, 0.5) is 5.69 Å². The molecule has 0 saturated carbocycles. The fourth-order valence-electron chi connectivity index (χ4n) is 4.14. The molecule has 2 aliphatic rings. The molecule has 1 atom stereocenters. The lowest BCUT2D eigenvalue weighted by Crippen LogP contribution is -2.36. The maximum absolute atomic E-state index is 13.1. The fraction of sp³-hybridized carbons (Fsp3) is 0.409. The van der Waals surface area contributed by atoms with Gasteiger partial charge in [-0.3, -0.25) is 19.5 Å². The molecule has 2 aliphatic heterocycles. The van der Waals surface area contributed by atoms with E-state index in [1.54, 1.807) is 17.2 Å². The van der Waals surface area contributed by atoms with Crippen molar-refractivity contribution in [1.29, 1.82) is 0 Å². The molecule has 1 saturated heterocycles. The Morgan fingerprint density at radius 3 is 2.63 bits per heavy atom. The highest BCUT2D eigenvalue weighted by Gasteiger charge is 2.40. The molecule has 4 rings (SSSR count). The highest BCUT2D eigenvalue weighted by atomic mass is 16.2. The van der Waals surface area contributed by atoms with Gasteiger partial charge in [0, 0.05) is 25.0 Å². The molecule has 1 unspecified atom stereocenters. The number of carbonyl (C=O) groups is 2. The van der Waals surface area contributed by atoms with Crippen molar-refractivity contribution in [2.75, 3.05) is 18.0 Å². The molecule has 140 valence electrons. The van der Waals surface area contributed by atoms with E-state index in [4.69, 9.17) is 0 Å². The van der Waals surface area contributed by atoms with Gasteiger partial charge in [-0.15, -0.1) is 0 Å². The molecule has 0 aliphatic carbocycles. The summed E-state index contributed by atoms with van der Waals surface area (Å²) in [6, 6.07) is 11.1. The minimum atomic E-state index is -0.341. The summed E-state index contributed by atoms with van der Waals surface area (Å²) in [5, 5.41) is 0. The Hall–Kier alpha value is -2.69. The van der Waals surface area contributed by atoms with E-state index in [2.05, 4.69) is 4.98 Å². The zero-order valence-corrected chi connectivity index (χ0v) is 15.7. The number of aryl methyl sites for hydroxylation is 1. The first kappa shape index (κ1) is 17.7. The smallest absolute Gasteiger partial charge is 0.260 e. The molecule has 5 heteroatoms. The quantitative estimate of drug-likeness (QED) is 0.831. The zero-order chi connectivity index (χ0) is 18.8. The van der Waals surface area contributed by atoms with Crippen molar-refractivity contribution in [2.45, 2.75) is 45.1 Å². The first-order valence-electron chi connectivity index (χ1n) is 9.78. The van der Waals surface area contributed by atoms with Crippen LogP contribution in [-0.2, 0) is 4.79 Å². The number of carbonyl (C=O) groups excluding carboxylic acids is 2. The summed E-state index contributed by atoms with van der Waals surface area (Å²) in [6.45, 7) is 3.64. The van der Waals surface area contributed by atoms with Crippen LogP contribution in [0.5, 0.6) is 0 Å². The van der Waals surface area contributed by atoms with E-state index in [0.29, 0.717) is 11.3 Å². The van der Waals surface area contributed by atoms with Crippen LogP contribution in [0.3, 0.4) is 0 Å². The van der Waals surface area contributed by atoms with E-state index in [-0.39, 0.29) is 24.3 Å².